The van der Waals surface area contributed by atoms with Gasteiger partial charge < -0.3 is 5.32 Å². The molecule has 0 aliphatic rings. The summed E-state index contributed by atoms with van der Waals surface area (Å²) in [4.78, 5) is 7.49. The van der Waals surface area contributed by atoms with E-state index in [0.29, 0.717) is 0 Å². The molecule has 8 heteroatoms. The van der Waals surface area contributed by atoms with Crippen molar-refractivity contribution in [2.45, 2.75) is 33.0 Å². The normalized spacial score (nSPS) is 13.5. The number of aromatic nitrogens is 4. The first-order valence-corrected chi connectivity index (χ1v) is 6.85. The fourth-order valence-corrected chi connectivity index (χ4v) is 2.18. The Morgan fingerprint density at radius 3 is 2.41 bits per heavy atom. The molecule has 0 amide bonds. The van der Waals surface area contributed by atoms with Crippen LogP contribution in [0, 0.1) is 12.8 Å². The maximum absolute atomic E-state index is 12.8. The number of alkyl halides is 3. The van der Waals surface area contributed by atoms with E-state index in [1.165, 1.54) is 6.92 Å². The molecule has 5 nitrogen and oxygen atoms in total. The highest BCUT2D eigenvalue weighted by molar-refractivity contribution is 5.40. The molecule has 0 bridgehead atoms. The summed E-state index contributed by atoms with van der Waals surface area (Å²) in [7, 11) is 1.79. The van der Waals surface area contributed by atoms with Crippen LogP contribution in [0.25, 0.3) is 0 Å². The highest BCUT2D eigenvalue weighted by atomic mass is 19.4. The van der Waals surface area contributed by atoms with Gasteiger partial charge in [0, 0.05) is 24.9 Å². The molecular formula is C14H18F3N5. The van der Waals surface area contributed by atoms with E-state index in [-0.39, 0.29) is 23.6 Å². The van der Waals surface area contributed by atoms with Crippen LogP contribution in [0.4, 0.5) is 19.0 Å². The average molecular weight is 313 g/mol. The highest BCUT2D eigenvalue weighted by Gasteiger charge is 2.33. The maximum Gasteiger partial charge on any atom is 0.433 e. The summed E-state index contributed by atoms with van der Waals surface area (Å²) in [6.07, 6.45) is -0.974. The van der Waals surface area contributed by atoms with Gasteiger partial charge in [-0.25, -0.2) is 9.97 Å². The van der Waals surface area contributed by atoms with Crippen LogP contribution in [0.1, 0.15) is 37.0 Å². The van der Waals surface area contributed by atoms with E-state index in [9.17, 15) is 13.2 Å². The molecule has 2 aromatic heterocycles. The number of aryl methyl sites for hydroxylation is 2. The lowest BCUT2D eigenvalue weighted by molar-refractivity contribution is -0.141. The van der Waals surface area contributed by atoms with Crippen LogP contribution in [-0.2, 0) is 13.2 Å². The summed E-state index contributed by atoms with van der Waals surface area (Å²) in [5, 5.41) is 7.16. The molecule has 2 heterocycles. The Hall–Kier alpha value is -2.12. The van der Waals surface area contributed by atoms with E-state index in [2.05, 4.69) is 20.4 Å². The van der Waals surface area contributed by atoms with Gasteiger partial charge in [0.05, 0.1) is 12.2 Å². The number of rotatable bonds is 4. The molecular weight excluding hydrogens is 295 g/mol. The Balaban J connectivity index is 2.33. The second-order valence-electron chi connectivity index (χ2n) is 5.50. The van der Waals surface area contributed by atoms with E-state index in [1.54, 1.807) is 17.9 Å². The molecule has 0 spiro atoms. The number of nitrogens with zero attached hydrogens (tertiary/aromatic N) is 4. The summed E-state index contributed by atoms with van der Waals surface area (Å²) in [6.45, 7) is 5.39. The van der Waals surface area contributed by atoms with Gasteiger partial charge in [0.25, 0.3) is 0 Å². The Bertz CT molecular complexity index is 648. The summed E-state index contributed by atoms with van der Waals surface area (Å²) < 4.78 is 40.2. The van der Waals surface area contributed by atoms with E-state index in [0.717, 1.165) is 11.6 Å². The van der Waals surface area contributed by atoms with E-state index in [4.69, 9.17) is 0 Å². The van der Waals surface area contributed by atoms with Gasteiger partial charge in [-0.3, -0.25) is 4.68 Å². The third kappa shape index (κ3) is 3.75. The molecule has 0 saturated heterocycles. The molecule has 22 heavy (non-hydrogen) atoms. The minimum Gasteiger partial charge on any atom is -0.363 e. The molecule has 0 aliphatic heterocycles. The lowest BCUT2D eigenvalue weighted by Crippen LogP contribution is -2.19. The number of halogens is 3. The molecule has 0 aliphatic carbocycles. The third-order valence-corrected chi connectivity index (χ3v) is 3.18. The van der Waals surface area contributed by atoms with Crippen molar-refractivity contribution in [2.75, 3.05) is 5.32 Å². The maximum atomic E-state index is 12.8. The van der Waals surface area contributed by atoms with Crippen molar-refractivity contribution in [3.05, 3.63) is 35.5 Å². The van der Waals surface area contributed by atoms with Crippen LogP contribution in [-0.4, -0.2) is 19.7 Å². The van der Waals surface area contributed by atoms with E-state index < -0.39 is 11.9 Å². The lowest BCUT2D eigenvalue weighted by Gasteiger charge is -2.22. The molecule has 0 aromatic carbocycles. The fourth-order valence-electron chi connectivity index (χ4n) is 2.18. The smallest absolute Gasteiger partial charge is 0.363 e. The summed E-state index contributed by atoms with van der Waals surface area (Å²) in [5.41, 5.74) is -0.0569. The van der Waals surface area contributed by atoms with Crippen molar-refractivity contribution in [1.82, 2.24) is 19.7 Å². The van der Waals surface area contributed by atoms with Crippen molar-refractivity contribution in [3.63, 3.8) is 0 Å². The summed E-state index contributed by atoms with van der Waals surface area (Å²) >= 11 is 0. The van der Waals surface area contributed by atoms with Gasteiger partial charge in [0.2, 0.25) is 0 Å². The van der Waals surface area contributed by atoms with Crippen LogP contribution in [0.3, 0.4) is 0 Å². The highest BCUT2D eigenvalue weighted by Crippen LogP contribution is 2.31. The molecule has 120 valence electrons. The quantitative estimate of drug-likeness (QED) is 0.940. The first kappa shape index (κ1) is 16.3. The molecule has 0 saturated carbocycles. The Morgan fingerprint density at radius 1 is 1.23 bits per heavy atom. The van der Waals surface area contributed by atoms with E-state index >= 15 is 0 Å². The van der Waals surface area contributed by atoms with Gasteiger partial charge in [0.15, 0.2) is 0 Å². The van der Waals surface area contributed by atoms with Gasteiger partial charge in [-0.1, -0.05) is 13.8 Å². The molecule has 2 aromatic rings. The zero-order valence-corrected chi connectivity index (χ0v) is 12.8. The van der Waals surface area contributed by atoms with Crippen molar-refractivity contribution in [2.24, 2.45) is 13.0 Å². The SMILES string of the molecule is Cc1nc(NC(c2cnn(C)c2)C(C)C)cc(C(F)(F)F)n1. The van der Waals surface area contributed by atoms with Gasteiger partial charge in [-0.2, -0.15) is 18.3 Å². The first-order valence-electron chi connectivity index (χ1n) is 6.85. The van der Waals surface area contributed by atoms with Gasteiger partial charge in [-0.05, 0) is 12.8 Å². The fraction of sp³-hybridized carbons (Fsp3) is 0.500. The van der Waals surface area contributed by atoms with Crippen molar-refractivity contribution >= 4 is 5.82 Å². The summed E-state index contributed by atoms with van der Waals surface area (Å²) in [6, 6.07) is 0.739. The standard InChI is InChI=1S/C14H18F3N5/c1-8(2)13(10-6-18-22(4)7-10)21-12-5-11(14(15,16)17)19-9(3)20-12/h5-8,13H,1-4H3,(H,19,20,21). The topological polar surface area (TPSA) is 55.6 Å². The minimum absolute atomic E-state index is 0.0750. The lowest BCUT2D eigenvalue weighted by atomic mass is 9.99. The minimum atomic E-state index is -4.49. The second-order valence-corrected chi connectivity index (χ2v) is 5.50. The molecule has 0 radical (unpaired) electrons. The largest absolute Gasteiger partial charge is 0.433 e. The molecule has 2 rings (SSSR count). The Morgan fingerprint density at radius 2 is 1.91 bits per heavy atom. The van der Waals surface area contributed by atoms with Gasteiger partial charge in [0.1, 0.15) is 17.3 Å². The summed E-state index contributed by atoms with van der Waals surface area (Å²) in [5.74, 6) is 0.377. The Kier molecular flexibility index (Phi) is 4.39. The van der Waals surface area contributed by atoms with Crippen LogP contribution in [0.5, 0.6) is 0 Å². The molecule has 1 unspecified atom stereocenters. The predicted molar refractivity (Wildman–Crippen MR) is 76.2 cm³/mol. The zero-order valence-electron chi connectivity index (χ0n) is 12.8. The van der Waals surface area contributed by atoms with Gasteiger partial charge >= 0.3 is 6.18 Å². The van der Waals surface area contributed by atoms with Crippen molar-refractivity contribution in [1.29, 1.82) is 0 Å². The van der Waals surface area contributed by atoms with Crippen LogP contribution >= 0.6 is 0 Å². The van der Waals surface area contributed by atoms with Crippen molar-refractivity contribution in [3.8, 4) is 0 Å². The van der Waals surface area contributed by atoms with E-state index in [1.807, 2.05) is 20.0 Å². The Labute approximate surface area is 126 Å². The number of anilines is 1. The number of hydrogen-bond acceptors (Lipinski definition) is 4. The van der Waals surface area contributed by atoms with Crippen LogP contribution in [0.2, 0.25) is 0 Å². The van der Waals surface area contributed by atoms with Crippen LogP contribution < -0.4 is 5.32 Å². The third-order valence-electron chi connectivity index (χ3n) is 3.18. The molecule has 1 atom stereocenters. The van der Waals surface area contributed by atoms with Crippen molar-refractivity contribution < 1.29 is 13.2 Å². The molecule has 1 N–H and O–H groups in total. The number of hydrogen-bond donors (Lipinski definition) is 1. The average Bonchev–Trinajstić information content (AvgIpc) is 2.80. The molecule has 0 fully saturated rings. The predicted octanol–water partition coefficient (Wildman–Crippen LogP) is 3.35. The van der Waals surface area contributed by atoms with Gasteiger partial charge in [-0.15, -0.1) is 0 Å². The second kappa shape index (κ2) is 5.94. The zero-order chi connectivity index (χ0) is 16.5. The number of nitrogens with one attached hydrogen (secondary N) is 1. The van der Waals surface area contributed by atoms with Crippen LogP contribution in [0.15, 0.2) is 18.5 Å². The monoisotopic (exact) mass is 313 g/mol. The first-order chi connectivity index (χ1) is 10.2.